The Hall–Kier alpha value is -0.0500. The van der Waals surface area contributed by atoms with Crippen molar-refractivity contribution in [3.05, 3.63) is 21.3 Å². The fraction of sp³-hybridized carbons (Fsp3) is 0.600. The van der Waals surface area contributed by atoms with E-state index in [1.807, 2.05) is 0 Å². The van der Waals surface area contributed by atoms with Gasteiger partial charge >= 0.3 is 0 Å². The Bertz CT molecular complexity index is 264. The van der Waals surface area contributed by atoms with E-state index in [0.717, 1.165) is 10.9 Å². The molecule has 1 aliphatic rings. The quantitative estimate of drug-likeness (QED) is 0.755. The smallest absolute Gasteiger partial charge is 0.0976 e. The molecule has 1 fully saturated rings. The van der Waals surface area contributed by atoms with Crippen LogP contribution in [0, 0.1) is 0 Å². The van der Waals surface area contributed by atoms with Gasteiger partial charge < -0.3 is 5.32 Å². The minimum atomic E-state index is 0.501. The first-order valence-electron chi connectivity index (χ1n) is 4.84. The van der Waals surface area contributed by atoms with Gasteiger partial charge in [0.25, 0.3) is 0 Å². The predicted octanol–water partition coefficient (Wildman–Crippen LogP) is 3.61. The topological polar surface area (TPSA) is 12.0 Å². The summed E-state index contributed by atoms with van der Waals surface area (Å²) in [4.78, 5) is 0. The van der Waals surface area contributed by atoms with Crippen molar-refractivity contribution in [3.8, 4) is 0 Å². The van der Waals surface area contributed by atoms with Crippen molar-refractivity contribution in [2.24, 2.45) is 0 Å². The van der Waals surface area contributed by atoms with Crippen LogP contribution in [-0.2, 0) is 0 Å². The van der Waals surface area contributed by atoms with Crippen LogP contribution in [-0.4, -0.2) is 6.54 Å². The van der Waals surface area contributed by atoms with Gasteiger partial charge in [-0.05, 0) is 36.4 Å². The Morgan fingerprint density at radius 2 is 2.31 bits per heavy atom. The molecule has 0 aliphatic carbocycles. The molecule has 1 aromatic heterocycles. The molecule has 2 heterocycles. The summed E-state index contributed by atoms with van der Waals surface area (Å²) in [5, 5.41) is 5.62. The lowest BCUT2D eigenvalue weighted by molar-refractivity contribution is 0.536. The summed E-state index contributed by atoms with van der Waals surface area (Å²) in [5.74, 6) is 0. The minimum absolute atomic E-state index is 0.501. The molecule has 0 saturated carbocycles. The standard InChI is InChI=1S/C10H14ClNS/c11-10-8(5-7-13-10)9-4-2-1-3-6-12-9/h5,7,9,12H,1-4,6H2. The Morgan fingerprint density at radius 1 is 1.38 bits per heavy atom. The highest BCUT2D eigenvalue weighted by Crippen LogP contribution is 2.32. The second-order valence-electron chi connectivity index (χ2n) is 3.51. The van der Waals surface area contributed by atoms with E-state index in [9.17, 15) is 0 Å². The van der Waals surface area contributed by atoms with E-state index < -0.39 is 0 Å². The van der Waals surface area contributed by atoms with Gasteiger partial charge in [-0.15, -0.1) is 11.3 Å². The van der Waals surface area contributed by atoms with Gasteiger partial charge in [-0.2, -0.15) is 0 Å². The van der Waals surface area contributed by atoms with Crippen molar-refractivity contribution in [2.75, 3.05) is 6.54 Å². The molecule has 2 rings (SSSR count). The second kappa shape index (κ2) is 4.45. The highest BCUT2D eigenvalue weighted by molar-refractivity contribution is 7.14. The molecule has 3 heteroatoms. The number of hydrogen-bond donors (Lipinski definition) is 1. The van der Waals surface area contributed by atoms with Crippen LogP contribution in [0.2, 0.25) is 4.34 Å². The fourth-order valence-electron chi connectivity index (χ4n) is 1.85. The molecule has 1 nitrogen and oxygen atoms in total. The van der Waals surface area contributed by atoms with Gasteiger partial charge in [0.15, 0.2) is 0 Å². The van der Waals surface area contributed by atoms with Crippen molar-refractivity contribution in [1.29, 1.82) is 0 Å². The lowest BCUT2D eigenvalue weighted by Gasteiger charge is -2.14. The maximum atomic E-state index is 6.10. The van der Waals surface area contributed by atoms with E-state index in [4.69, 9.17) is 11.6 Å². The monoisotopic (exact) mass is 215 g/mol. The molecule has 1 aromatic rings. The fourth-order valence-corrected chi connectivity index (χ4v) is 2.88. The number of thiophene rings is 1. The summed E-state index contributed by atoms with van der Waals surface area (Å²) >= 11 is 7.74. The maximum Gasteiger partial charge on any atom is 0.0976 e. The molecule has 13 heavy (non-hydrogen) atoms. The van der Waals surface area contributed by atoms with Gasteiger partial charge in [0.2, 0.25) is 0 Å². The number of hydrogen-bond acceptors (Lipinski definition) is 2. The molecule has 0 amide bonds. The Morgan fingerprint density at radius 3 is 3.08 bits per heavy atom. The molecule has 1 saturated heterocycles. The van der Waals surface area contributed by atoms with Crippen LogP contribution < -0.4 is 5.32 Å². The Balaban J connectivity index is 2.10. The summed E-state index contributed by atoms with van der Waals surface area (Å²) in [7, 11) is 0. The van der Waals surface area contributed by atoms with Gasteiger partial charge in [-0.3, -0.25) is 0 Å². The Labute approximate surface area is 88.1 Å². The zero-order chi connectivity index (χ0) is 9.10. The molecular weight excluding hydrogens is 202 g/mol. The van der Waals surface area contributed by atoms with Crippen LogP contribution >= 0.6 is 22.9 Å². The number of halogens is 1. The van der Waals surface area contributed by atoms with Gasteiger partial charge in [-0.25, -0.2) is 0 Å². The molecule has 1 unspecified atom stereocenters. The zero-order valence-electron chi connectivity index (χ0n) is 7.55. The molecule has 1 aliphatic heterocycles. The molecule has 0 radical (unpaired) electrons. The normalized spacial score (nSPS) is 24.2. The van der Waals surface area contributed by atoms with Crippen molar-refractivity contribution >= 4 is 22.9 Å². The highest BCUT2D eigenvalue weighted by atomic mass is 35.5. The van der Waals surface area contributed by atoms with Crippen LogP contribution in [0.15, 0.2) is 11.4 Å². The average Bonchev–Trinajstić information content (AvgIpc) is 2.43. The van der Waals surface area contributed by atoms with Gasteiger partial charge in [0.05, 0.1) is 4.34 Å². The zero-order valence-corrected chi connectivity index (χ0v) is 9.13. The average molecular weight is 216 g/mol. The second-order valence-corrected chi connectivity index (χ2v) is 5.02. The molecular formula is C10H14ClNS. The van der Waals surface area contributed by atoms with E-state index >= 15 is 0 Å². The number of rotatable bonds is 1. The third-order valence-corrected chi connectivity index (χ3v) is 3.78. The molecule has 1 atom stereocenters. The Kier molecular flexibility index (Phi) is 3.25. The van der Waals surface area contributed by atoms with Crippen LogP contribution in [0.4, 0.5) is 0 Å². The SMILES string of the molecule is Clc1sccc1C1CCCCCN1. The largest absolute Gasteiger partial charge is 0.310 e. The summed E-state index contributed by atoms with van der Waals surface area (Å²) in [5.41, 5.74) is 1.30. The van der Waals surface area contributed by atoms with Crippen molar-refractivity contribution in [2.45, 2.75) is 31.7 Å². The van der Waals surface area contributed by atoms with Crippen molar-refractivity contribution in [3.63, 3.8) is 0 Å². The lowest BCUT2D eigenvalue weighted by atomic mass is 10.1. The molecule has 0 spiro atoms. The summed E-state index contributed by atoms with van der Waals surface area (Å²) < 4.78 is 0.958. The third kappa shape index (κ3) is 2.25. The molecule has 0 bridgehead atoms. The first-order chi connectivity index (χ1) is 6.38. The minimum Gasteiger partial charge on any atom is -0.310 e. The first-order valence-corrected chi connectivity index (χ1v) is 6.10. The third-order valence-electron chi connectivity index (χ3n) is 2.58. The van der Waals surface area contributed by atoms with Crippen LogP contribution in [0.25, 0.3) is 0 Å². The maximum absolute atomic E-state index is 6.10. The van der Waals surface area contributed by atoms with Crippen LogP contribution in [0.3, 0.4) is 0 Å². The van der Waals surface area contributed by atoms with Crippen molar-refractivity contribution < 1.29 is 0 Å². The molecule has 1 N–H and O–H groups in total. The summed E-state index contributed by atoms with van der Waals surface area (Å²) in [6.07, 6.45) is 5.21. The van der Waals surface area contributed by atoms with Gasteiger partial charge in [0.1, 0.15) is 0 Å². The van der Waals surface area contributed by atoms with E-state index in [1.165, 1.54) is 31.2 Å². The van der Waals surface area contributed by atoms with E-state index in [0.29, 0.717) is 6.04 Å². The van der Waals surface area contributed by atoms with Crippen LogP contribution in [0.5, 0.6) is 0 Å². The van der Waals surface area contributed by atoms with Crippen molar-refractivity contribution in [1.82, 2.24) is 5.32 Å². The number of nitrogens with one attached hydrogen (secondary N) is 1. The van der Waals surface area contributed by atoms with E-state index in [-0.39, 0.29) is 0 Å². The van der Waals surface area contributed by atoms with Gasteiger partial charge in [0, 0.05) is 6.04 Å². The molecule has 0 aromatic carbocycles. The van der Waals surface area contributed by atoms with E-state index in [2.05, 4.69) is 16.8 Å². The first kappa shape index (κ1) is 9.50. The van der Waals surface area contributed by atoms with Crippen LogP contribution in [0.1, 0.15) is 37.3 Å². The van der Waals surface area contributed by atoms with E-state index in [1.54, 1.807) is 11.3 Å². The lowest BCUT2D eigenvalue weighted by Crippen LogP contribution is -2.19. The summed E-state index contributed by atoms with van der Waals surface area (Å²) in [6.45, 7) is 1.14. The summed E-state index contributed by atoms with van der Waals surface area (Å²) in [6, 6.07) is 2.65. The highest BCUT2D eigenvalue weighted by Gasteiger charge is 2.16. The predicted molar refractivity (Wildman–Crippen MR) is 58.5 cm³/mol. The molecule has 72 valence electrons. The van der Waals surface area contributed by atoms with Gasteiger partial charge in [-0.1, -0.05) is 24.4 Å².